The zero-order valence-electron chi connectivity index (χ0n) is 11.2. The normalized spacial score (nSPS) is 24.6. The summed E-state index contributed by atoms with van der Waals surface area (Å²) in [5.41, 5.74) is 5.94. The smallest absolute Gasteiger partial charge is 0.222 e. The number of rotatable bonds is 6. The molecule has 4 nitrogen and oxygen atoms in total. The van der Waals surface area contributed by atoms with Crippen LogP contribution in [0.5, 0.6) is 0 Å². The van der Waals surface area contributed by atoms with Crippen LogP contribution in [0.15, 0.2) is 0 Å². The van der Waals surface area contributed by atoms with Gasteiger partial charge in [-0.25, -0.2) is 0 Å². The molecule has 2 atom stereocenters. The third-order valence-electron chi connectivity index (χ3n) is 3.59. The van der Waals surface area contributed by atoms with E-state index in [2.05, 4.69) is 0 Å². The Morgan fingerprint density at radius 2 is 2.24 bits per heavy atom. The summed E-state index contributed by atoms with van der Waals surface area (Å²) < 4.78 is 5.02. The maximum atomic E-state index is 12.1. The number of ether oxygens (including phenoxy) is 1. The fourth-order valence-electron chi connectivity index (χ4n) is 2.55. The van der Waals surface area contributed by atoms with Gasteiger partial charge in [0.05, 0.1) is 6.61 Å². The van der Waals surface area contributed by atoms with Gasteiger partial charge in [0.25, 0.3) is 0 Å². The van der Waals surface area contributed by atoms with Crippen LogP contribution >= 0.6 is 0 Å². The van der Waals surface area contributed by atoms with Gasteiger partial charge in [-0.2, -0.15) is 0 Å². The van der Waals surface area contributed by atoms with E-state index in [0.717, 1.165) is 25.8 Å². The molecule has 100 valence electrons. The fourth-order valence-corrected chi connectivity index (χ4v) is 2.55. The van der Waals surface area contributed by atoms with Crippen molar-refractivity contribution in [2.75, 3.05) is 26.8 Å². The Labute approximate surface area is 104 Å². The minimum atomic E-state index is 0.253. The standard InChI is InChI=1S/C13H26N2O2/c1-3-15(7-8-17-2)13(16)10-11-5-4-6-12(14)9-11/h11-12H,3-10,14H2,1-2H3. The van der Waals surface area contributed by atoms with Crippen molar-refractivity contribution in [1.82, 2.24) is 4.90 Å². The topological polar surface area (TPSA) is 55.6 Å². The number of nitrogens with zero attached hydrogens (tertiary/aromatic N) is 1. The van der Waals surface area contributed by atoms with Crippen molar-refractivity contribution >= 4 is 5.91 Å². The van der Waals surface area contributed by atoms with E-state index in [1.807, 2.05) is 11.8 Å². The minimum Gasteiger partial charge on any atom is -0.383 e. The highest BCUT2D eigenvalue weighted by molar-refractivity contribution is 5.76. The van der Waals surface area contributed by atoms with E-state index in [9.17, 15) is 4.79 Å². The first-order valence-electron chi connectivity index (χ1n) is 6.69. The Morgan fingerprint density at radius 3 is 2.82 bits per heavy atom. The minimum absolute atomic E-state index is 0.253. The molecule has 0 aromatic rings. The van der Waals surface area contributed by atoms with Crippen LogP contribution < -0.4 is 5.73 Å². The predicted molar refractivity (Wildman–Crippen MR) is 68.7 cm³/mol. The Morgan fingerprint density at radius 1 is 1.47 bits per heavy atom. The van der Waals surface area contributed by atoms with Gasteiger partial charge in [-0.05, 0) is 32.1 Å². The zero-order valence-corrected chi connectivity index (χ0v) is 11.2. The van der Waals surface area contributed by atoms with Crippen molar-refractivity contribution in [1.29, 1.82) is 0 Å². The Kier molecular flexibility index (Phi) is 6.52. The Hall–Kier alpha value is -0.610. The van der Waals surface area contributed by atoms with Crippen LogP contribution in [0.25, 0.3) is 0 Å². The van der Waals surface area contributed by atoms with Gasteiger partial charge >= 0.3 is 0 Å². The second-order valence-electron chi connectivity index (χ2n) is 4.96. The van der Waals surface area contributed by atoms with E-state index < -0.39 is 0 Å². The van der Waals surface area contributed by atoms with E-state index in [-0.39, 0.29) is 5.91 Å². The molecule has 0 bridgehead atoms. The van der Waals surface area contributed by atoms with E-state index in [1.54, 1.807) is 7.11 Å². The lowest BCUT2D eigenvalue weighted by molar-refractivity contribution is -0.132. The summed E-state index contributed by atoms with van der Waals surface area (Å²) >= 11 is 0. The molecule has 2 N–H and O–H groups in total. The van der Waals surface area contributed by atoms with Crippen LogP contribution in [-0.2, 0) is 9.53 Å². The lowest BCUT2D eigenvalue weighted by Crippen LogP contribution is -2.36. The van der Waals surface area contributed by atoms with Crippen molar-refractivity contribution in [3.05, 3.63) is 0 Å². The first kappa shape index (κ1) is 14.5. The SMILES string of the molecule is CCN(CCOC)C(=O)CC1CCCC(N)C1. The van der Waals surface area contributed by atoms with Crippen molar-refractivity contribution < 1.29 is 9.53 Å². The van der Waals surface area contributed by atoms with Gasteiger partial charge in [0.15, 0.2) is 0 Å². The molecule has 1 rings (SSSR count). The van der Waals surface area contributed by atoms with Crippen molar-refractivity contribution in [3.63, 3.8) is 0 Å². The van der Waals surface area contributed by atoms with Crippen LogP contribution in [-0.4, -0.2) is 43.7 Å². The molecule has 0 radical (unpaired) electrons. The van der Waals surface area contributed by atoms with E-state index >= 15 is 0 Å². The molecule has 1 aliphatic rings. The van der Waals surface area contributed by atoms with Gasteiger partial charge in [0.1, 0.15) is 0 Å². The number of hydrogen-bond acceptors (Lipinski definition) is 3. The molecule has 0 heterocycles. The Bertz CT molecular complexity index is 233. The van der Waals surface area contributed by atoms with E-state index in [4.69, 9.17) is 10.5 Å². The summed E-state index contributed by atoms with van der Waals surface area (Å²) in [4.78, 5) is 14.0. The second-order valence-corrected chi connectivity index (χ2v) is 4.96. The number of amides is 1. The monoisotopic (exact) mass is 242 g/mol. The van der Waals surface area contributed by atoms with Crippen molar-refractivity contribution in [2.24, 2.45) is 11.7 Å². The van der Waals surface area contributed by atoms with Crippen LogP contribution in [0, 0.1) is 5.92 Å². The molecular weight excluding hydrogens is 216 g/mol. The van der Waals surface area contributed by atoms with Gasteiger partial charge in [0.2, 0.25) is 5.91 Å². The lowest BCUT2D eigenvalue weighted by atomic mass is 9.84. The largest absolute Gasteiger partial charge is 0.383 e. The summed E-state index contributed by atoms with van der Waals surface area (Å²) in [6, 6.07) is 0.301. The third kappa shape index (κ3) is 5.04. The van der Waals surface area contributed by atoms with Crippen LogP contribution in [0.1, 0.15) is 39.0 Å². The fraction of sp³-hybridized carbons (Fsp3) is 0.923. The van der Waals surface area contributed by atoms with Gasteiger partial charge < -0.3 is 15.4 Å². The van der Waals surface area contributed by atoms with Crippen molar-refractivity contribution in [3.8, 4) is 0 Å². The molecule has 1 saturated carbocycles. The molecule has 1 amide bonds. The second kappa shape index (κ2) is 7.67. The highest BCUT2D eigenvalue weighted by Gasteiger charge is 2.23. The summed E-state index contributed by atoms with van der Waals surface area (Å²) in [6.07, 6.45) is 5.11. The van der Waals surface area contributed by atoms with Gasteiger partial charge in [0, 0.05) is 32.7 Å². The first-order chi connectivity index (χ1) is 8.17. The van der Waals surface area contributed by atoms with E-state index in [0.29, 0.717) is 31.5 Å². The zero-order chi connectivity index (χ0) is 12.7. The maximum absolute atomic E-state index is 12.1. The number of hydrogen-bond donors (Lipinski definition) is 1. The number of likely N-dealkylation sites (N-methyl/N-ethyl adjacent to an activating group) is 1. The Balaban J connectivity index is 2.35. The summed E-state index contributed by atoms with van der Waals surface area (Å²) in [6.45, 7) is 4.09. The third-order valence-corrected chi connectivity index (χ3v) is 3.59. The van der Waals surface area contributed by atoms with Gasteiger partial charge in [-0.1, -0.05) is 6.42 Å². The molecule has 1 fully saturated rings. The molecule has 1 aliphatic carbocycles. The highest BCUT2D eigenvalue weighted by atomic mass is 16.5. The molecule has 17 heavy (non-hydrogen) atoms. The average Bonchev–Trinajstić information content (AvgIpc) is 2.30. The molecule has 0 aliphatic heterocycles. The van der Waals surface area contributed by atoms with E-state index in [1.165, 1.54) is 6.42 Å². The van der Waals surface area contributed by atoms with Crippen LogP contribution in [0.3, 0.4) is 0 Å². The van der Waals surface area contributed by atoms with Gasteiger partial charge in [-0.3, -0.25) is 4.79 Å². The molecule has 0 aromatic heterocycles. The number of carbonyl (C=O) groups excluding carboxylic acids is 1. The van der Waals surface area contributed by atoms with Crippen LogP contribution in [0.2, 0.25) is 0 Å². The molecule has 4 heteroatoms. The summed E-state index contributed by atoms with van der Waals surface area (Å²) in [7, 11) is 1.67. The number of carbonyl (C=O) groups is 1. The average molecular weight is 242 g/mol. The summed E-state index contributed by atoms with van der Waals surface area (Å²) in [5.74, 6) is 0.742. The maximum Gasteiger partial charge on any atom is 0.222 e. The first-order valence-corrected chi connectivity index (χ1v) is 6.69. The molecule has 0 spiro atoms. The predicted octanol–water partition coefficient (Wildman–Crippen LogP) is 1.39. The lowest BCUT2D eigenvalue weighted by Gasteiger charge is -2.28. The summed E-state index contributed by atoms with van der Waals surface area (Å²) in [5, 5.41) is 0. The quantitative estimate of drug-likeness (QED) is 0.765. The number of nitrogens with two attached hydrogens (primary N) is 1. The van der Waals surface area contributed by atoms with Crippen molar-refractivity contribution in [2.45, 2.75) is 45.1 Å². The van der Waals surface area contributed by atoms with Crippen LogP contribution in [0.4, 0.5) is 0 Å². The molecule has 0 aromatic carbocycles. The molecular formula is C13H26N2O2. The number of methoxy groups -OCH3 is 1. The molecule has 2 unspecified atom stereocenters. The molecule has 0 saturated heterocycles. The highest BCUT2D eigenvalue weighted by Crippen LogP contribution is 2.26. The van der Waals surface area contributed by atoms with Gasteiger partial charge in [-0.15, -0.1) is 0 Å².